The van der Waals surface area contributed by atoms with Gasteiger partial charge in [-0.2, -0.15) is 0 Å². The molecule has 58 heavy (non-hydrogen) atoms. The van der Waals surface area contributed by atoms with Crippen molar-refractivity contribution in [3.63, 3.8) is 0 Å². The van der Waals surface area contributed by atoms with E-state index < -0.39 is 11.6 Å². The summed E-state index contributed by atoms with van der Waals surface area (Å²) in [4.78, 5) is 4.62. The number of nitrogens with one attached hydrogen (secondary N) is 1. The molecule has 9 heteroatoms. The van der Waals surface area contributed by atoms with Crippen LogP contribution in [-0.4, -0.2) is 55.6 Å². The number of nitrogens with zero attached hydrogens (tertiary/aromatic N) is 5. The van der Waals surface area contributed by atoms with Crippen molar-refractivity contribution in [2.75, 3.05) is 13.2 Å². The Labute approximate surface area is 340 Å². The van der Waals surface area contributed by atoms with Crippen LogP contribution in [0.4, 0.5) is 0 Å². The van der Waals surface area contributed by atoms with E-state index in [9.17, 15) is 5.11 Å². The first-order valence-corrected chi connectivity index (χ1v) is 20.3. The molecule has 1 unspecified atom stereocenters. The SMILES string of the molecule is Cc1cc(OCc2ccc(-c3ccccc3-c3nnnn3C(c3ccccc3)(c3ccccc3)c3ccccc3)cc2)c(OCC(O)CNC2CCCCC2)c(C)n1. The normalized spacial score (nSPS) is 13.9. The second-order valence-corrected chi connectivity index (χ2v) is 15.1. The van der Waals surface area contributed by atoms with Gasteiger partial charge in [0.25, 0.3) is 0 Å². The number of rotatable bonds is 15. The van der Waals surface area contributed by atoms with E-state index >= 15 is 0 Å². The Bertz CT molecular complexity index is 2280. The number of ether oxygens (including phenoxy) is 2. The van der Waals surface area contributed by atoms with Crippen molar-refractivity contribution in [3.8, 4) is 34.0 Å². The summed E-state index contributed by atoms with van der Waals surface area (Å²) in [5.74, 6) is 1.81. The minimum absolute atomic E-state index is 0.155. The van der Waals surface area contributed by atoms with Crippen molar-refractivity contribution in [2.45, 2.75) is 70.2 Å². The van der Waals surface area contributed by atoms with Crippen LogP contribution < -0.4 is 14.8 Å². The van der Waals surface area contributed by atoms with Gasteiger partial charge in [-0.1, -0.05) is 159 Å². The van der Waals surface area contributed by atoms with E-state index in [1.54, 1.807) is 0 Å². The molecule has 5 aromatic carbocycles. The number of aliphatic hydroxyl groups is 1. The van der Waals surface area contributed by atoms with Crippen molar-refractivity contribution in [1.82, 2.24) is 30.5 Å². The molecule has 0 amide bonds. The zero-order chi connectivity index (χ0) is 39.7. The molecule has 2 N–H and O–H groups in total. The predicted octanol–water partition coefficient (Wildman–Crippen LogP) is 9.10. The summed E-state index contributed by atoms with van der Waals surface area (Å²) in [6, 6.07) is 50.3. The largest absolute Gasteiger partial charge is 0.485 e. The Balaban J connectivity index is 1.05. The van der Waals surface area contributed by atoms with Crippen LogP contribution in [0.25, 0.3) is 22.5 Å². The topological polar surface area (TPSA) is 107 Å². The lowest BCUT2D eigenvalue weighted by Crippen LogP contribution is -2.39. The summed E-state index contributed by atoms with van der Waals surface area (Å²) in [6.45, 7) is 4.84. The lowest BCUT2D eigenvalue weighted by molar-refractivity contribution is 0.0986. The van der Waals surface area contributed by atoms with E-state index in [1.165, 1.54) is 32.1 Å². The Morgan fingerprint density at radius 1 is 0.724 bits per heavy atom. The summed E-state index contributed by atoms with van der Waals surface area (Å²) < 4.78 is 14.5. The molecule has 1 aliphatic carbocycles. The molecule has 294 valence electrons. The number of tetrazole rings is 1. The van der Waals surface area contributed by atoms with Crippen molar-refractivity contribution < 1.29 is 14.6 Å². The summed E-state index contributed by atoms with van der Waals surface area (Å²) in [6.07, 6.45) is 5.49. The number of aliphatic hydroxyl groups excluding tert-OH is 1. The van der Waals surface area contributed by atoms with Crippen LogP contribution in [0.1, 0.15) is 65.7 Å². The molecule has 1 saturated carbocycles. The quantitative estimate of drug-likeness (QED) is 0.0996. The number of hydrogen-bond donors (Lipinski definition) is 2. The maximum Gasteiger partial charge on any atom is 0.184 e. The Hall–Kier alpha value is -6.16. The number of aryl methyl sites for hydroxylation is 2. The molecular formula is C49H50N6O3. The van der Waals surface area contributed by atoms with E-state index in [-0.39, 0.29) is 6.61 Å². The van der Waals surface area contributed by atoms with Gasteiger partial charge in [0.2, 0.25) is 0 Å². The molecule has 2 aromatic heterocycles. The van der Waals surface area contributed by atoms with E-state index in [2.05, 4.69) is 125 Å². The molecule has 0 radical (unpaired) electrons. The molecule has 7 aromatic rings. The fourth-order valence-electron chi connectivity index (χ4n) is 8.27. The third kappa shape index (κ3) is 8.28. The number of benzene rings is 5. The van der Waals surface area contributed by atoms with Crippen LogP contribution in [0, 0.1) is 13.8 Å². The molecule has 0 spiro atoms. The van der Waals surface area contributed by atoms with E-state index in [0.29, 0.717) is 36.5 Å². The fraction of sp³-hybridized carbons (Fsp3) is 0.265. The van der Waals surface area contributed by atoms with Crippen LogP contribution in [0.3, 0.4) is 0 Å². The monoisotopic (exact) mass is 770 g/mol. The fourth-order valence-corrected chi connectivity index (χ4v) is 8.27. The van der Waals surface area contributed by atoms with Crippen molar-refractivity contribution in [1.29, 1.82) is 0 Å². The zero-order valence-corrected chi connectivity index (χ0v) is 33.2. The lowest BCUT2D eigenvalue weighted by atomic mass is 9.77. The average Bonchev–Trinajstić information content (AvgIpc) is 3.76. The second kappa shape index (κ2) is 18.0. The van der Waals surface area contributed by atoms with Crippen molar-refractivity contribution >= 4 is 0 Å². The lowest BCUT2D eigenvalue weighted by Gasteiger charge is -2.36. The van der Waals surface area contributed by atoms with Crippen LogP contribution in [0.15, 0.2) is 146 Å². The van der Waals surface area contributed by atoms with Gasteiger partial charge in [0, 0.05) is 29.9 Å². The maximum absolute atomic E-state index is 10.7. The van der Waals surface area contributed by atoms with Crippen molar-refractivity contribution in [3.05, 3.63) is 179 Å². The smallest absolute Gasteiger partial charge is 0.184 e. The van der Waals surface area contributed by atoms with Crippen LogP contribution in [0.2, 0.25) is 0 Å². The molecule has 0 saturated heterocycles. The van der Waals surface area contributed by atoms with Crippen LogP contribution in [-0.2, 0) is 12.1 Å². The first-order chi connectivity index (χ1) is 28.5. The highest BCUT2D eigenvalue weighted by molar-refractivity contribution is 5.81. The molecule has 0 aliphatic heterocycles. The molecule has 1 aliphatic rings. The summed E-state index contributed by atoms with van der Waals surface area (Å²) in [5, 5.41) is 28.1. The van der Waals surface area contributed by atoms with Crippen molar-refractivity contribution in [2.24, 2.45) is 0 Å². The third-order valence-corrected chi connectivity index (χ3v) is 11.1. The number of hydrogen-bond acceptors (Lipinski definition) is 8. The molecule has 9 nitrogen and oxygen atoms in total. The van der Waals surface area contributed by atoms with Crippen LogP contribution in [0.5, 0.6) is 11.5 Å². The molecule has 2 heterocycles. The van der Waals surface area contributed by atoms with E-state index in [0.717, 1.165) is 50.3 Å². The van der Waals surface area contributed by atoms with Gasteiger partial charge in [-0.05, 0) is 70.5 Å². The Morgan fingerprint density at radius 2 is 1.31 bits per heavy atom. The molecule has 1 atom stereocenters. The summed E-state index contributed by atoms with van der Waals surface area (Å²) >= 11 is 0. The predicted molar refractivity (Wildman–Crippen MR) is 228 cm³/mol. The van der Waals surface area contributed by atoms with Gasteiger partial charge in [-0.3, -0.25) is 4.98 Å². The van der Waals surface area contributed by atoms with Gasteiger partial charge in [0.05, 0.1) is 5.69 Å². The highest BCUT2D eigenvalue weighted by atomic mass is 16.5. The Kier molecular flexibility index (Phi) is 12.0. The van der Waals surface area contributed by atoms with Gasteiger partial charge in [0.15, 0.2) is 17.3 Å². The first-order valence-electron chi connectivity index (χ1n) is 20.3. The molecule has 0 bridgehead atoms. The van der Waals surface area contributed by atoms with Gasteiger partial charge in [-0.25, -0.2) is 4.68 Å². The number of pyridine rings is 1. The first kappa shape index (κ1) is 38.7. The van der Waals surface area contributed by atoms with E-state index in [4.69, 9.17) is 19.8 Å². The molecule has 1 fully saturated rings. The molecule has 8 rings (SSSR count). The Morgan fingerprint density at radius 3 is 1.93 bits per heavy atom. The molecular weight excluding hydrogens is 721 g/mol. The van der Waals surface area contributed by atoms with Gasteiger partial charge in [0.1, 0.15) is 24.9 Å². The van der Waals surface area contributed by atoms with Crippen LogP contribution >= 0.6 is 0 Å². The maximum atomic E-state index is 10.7. The zero-order valence-electron chi connectivity index (χ0n) is 33.2. The number of aromatic nitrogens is 5. The van der Waals surface area contributed by atoms with Gasteiger partial charge < -0.3 is 19.9 Å². The third-order valence-electron chi connectivity index (χ3n) is 11.1. The minimum atomic E-state index is -0.868. The highest BCUT2D eigenvalue weighted by Crippen LogP contribution is 2.43. The van der Waals surface area contributed by atoms with Gasteiger partial charge >= 0.3 is 0 Å². The minimum Gasteiger partial charge on any atom is -0.485 e. The summed E-state index contributed by atoms with van der Waals surface area (Å²) in [5.41, 5.74) is 7.75. The summed E-state index contributed by atoms with van der Waals surface area (Å²) in [7, 11) is 0. The standard InChI is InChI=1S/C49H50N6O3/c1-35-31-46(47(36(2)51-35)58-34-43(56)32-50-42-23-13-6-14-24-42)57-33-37-27-29-38(30-28-37)44-25-15-16-26-45(44)48-52-53-54-55(48)49(39-17-7-3-8-18-39,40-19-9-4-10-20-40)41-21-11-5-12-22-41/h3-5,7-12,15-22,25-31,42-43,50,56H,6,13-14,23-24,32-34H2,1-2H3. The highest BCUT2D eigenvalue weighted by Gasteiger charge is 2.42. The van der Waals surface area contributed by atoms with Gasteiger partial charge in [-0.15, -0.1) is 5.10 Å². The second-order valence-electron chi connectivity index (χ2n) is 15.1. The average molecular weight is 771 g/mol. The van der Waals surface area contributed by atoms with E-state index in [1.807, 2.05) is 54.9 Å².